The number of aliphatic carboxylic acids is 1. The van der Waals surface area contributed by atoms with Gasteiger partial charge in [-0.25, -0.2) is 0 Å². The lowest BCUT2D eigenvalue weighted by atomic mass is 9.81. The highest BCUT2D eigenvalue weighted by Crippen LogP contribution is 2.43. The fraction of sp³-hybridized carbons (Fsp3) is 0.769. The molecule has 1 N–H and O–H groups in total. The van der Waals surface area contributed by atoms with E-state index in [4.69, 9.17) is 9.52 Å². The molecule has 1 heterocycles. The molecule has 1 aliphatic rings. The molecule has 8 heteroatoms. The molecule has 118 valence electrons. The van der Waals surface area contributed by atoms with E-state index in [1.54, 1.807) is 0 Å². The van der Waals surface area contributed by atoms with E-state index in [0.717, 1.165) is 0 Å². The highest BCUT2D eigenvalue weighted by atomic mass is 19.4. The third-order valence-electron chi connectivity index (χ3n) is 3.75. The van der Waals surface area contributed by atoms with Gasteiger partial charge in [-0.15, -0.1) is 10.2 Å². The van der Waals surface area contributed by atoms with Crippen LogP contribution in [0.3, 0.4) is 0 Å². The first-order valence-corrected chi connectivity index (χ1v) is 6.97. The SMILES string of the molecule is O=C(O)CCCc1nnc(C2CCCC(C(F)(F)F)C2)o1. The molecular formula is C13H17F3N2O3. The molecule has 1 aromatic rings. The van der Waals surface area contributed by atoms with Gasteiger partial charge in [0.2, 0.25) is 11.8 Å². The van der Waals surface area contributed by atoms with Crippen LogP contribution in [0.15, 0.2) is 4.42 Å². The second kappa shape index (κ2) is 6.44. The van der Waals surface area contributed by atoms with Crippen LogP contribution < -0.4 is 0 Å². The van der Waals surface area contributed by atoms with Crippen LogP contribution >= 0.6 is 0 Å². The van der Waals surface area contributed by atoms with Gasteiger partial charge in [0.1, 0.15) is 0 Å². The molecule has 2 rings (SSSR count). The van der Waals surface area contributed by atoms with Crippen molar-refractivity contribution in [1.29, 1.82) is 0 Å². The summed E-state index contributed by atoms with van der Waals surface area (Å²) < 4.78 is 43.7. The van der Waals surface area contributed by atoms with Crippen molar-refractivity contribution >= 4 is 5.97 Å². The van der Waals surface area contributed by atoms with Crippen LogP contribution in [0.2, 0.25) is 0 Å². The molecule has 0 aliphatic heterocycles. The normalized spacial score (nSPS) is 23.2. The summed E-state index contributed by atoms with van der Waals surface area (Å²) in [6.07, 6.45) is -2.24. The minimum atomic E-state index is -4.18. The number of rotatable bonds is 5. The molecular weight excluding hydrogens is 289 g/mol. The van der Waals surface area contributed by atoms with E-state index in [9.17, 15) is 18.0 Å². The van der Waals surface area contributed by atoms with E-state index in [1.807, 2.05) is 0 Å². The first-order valence-electron chi connectivity index (χ1n) is 6.97. The summed E-state index contributed by atoms with van der Waals surface area (Å²) >= 11 is 0. The molecule has 1 saturated carbocycles. The Morgan fingerprint density at radius 3 is 2.76 bits per heavy atom. The molecule has 0 radical (unpaired) electrons. The van der Waals surface area contributed by atoms with Crippen molar-refractivity contribution in [2.75, 3.05) is 0 Å². The summed E-state index contributed by atoms with van der Waals surface area (Å²) in [5, 5.41) is 16.1. The van der Waals surface area contributed by atoms with Gasteiger partial charge in [-0.1, -0.05) is 6.42 Å². The summed E-state index contributed by atoms with van der Waals surface area (Å²) in [5.41, 5.74) is 0. The Balaban J connectivity index is 1.92. The maximum atomic E-state index is 12.8. The largest absolute Gasteiger partial charge is 0.481 e. The molecule has 1 aromatic heterocycles. The number of nitrogens with zero attached hydrogens (tertiary/aromatic N) is 2. The Kier molecular flexibility index (Phi) is 4.84. The second-order valence-electron chi connectivity index (χ2n) is 5.38. The van der Waals surface area contributed by atoms with Crippen LogP contribution in [-0.2, 0) is 11.2 Å². The first kappa shape index (κ1) is 15.8. The summed E-state index contributed by atoms with van der Waals surface area (Å²) in [5.74, 6) is -2.03. The Morgan fingerprint density at radius 1 is 1.33 bits per heavy atom. The number of hydrogen-bond acceptors (Lipinski definition) is 4. The molecule has 1 aliphatic carbocycles. The van der Waals surface area contributed by atoms with Gasteiger partial charge >= 0.3 is 12.1 Å². The maximum absolute atomic E-state index is 12.8. The number of carbonyl (C=O) groups is 1. The average Bonchev–Trinajstić information content (AvgIpc) is 2.86. The zero-order valence-corrected chi connectivity index (χ0v) is 11.4. The summed E-state index contributed by atoms with van der Waals surface area (Å²) in [6.45, 7) is 0. The van der Waals surface area contributed by atoms with E-state index in [2.05, 4.69) is 10.2 Å². The van der Waals surface area contributed by atoms with Crippen molar-refractivity contribution in [1.82, 2.24) is 10.2 Å². The average molecular weight is 306 g/mol. The third-order valence-corrected chi connectivity index (χ3v) is 3.75. The van der Waals surface area contributed by atoms with E-state index in [-0.39, 0.29) is 31.1 Å². The second-order valence-corrected chi connectivity index (χ2v) is 5.38. The van der Waals surface area contributed by atoms with Crippen LogP contribution in [0, 0.1) is 5.92 Å². The molecule has 21 heavy (non-hydrogen) atoms. The van der Waals surface area contributed by atoms with Crippen molar-refractivity contribution in [2.24, 2.45) is 5.92 Å². The number of alkyl halides is 3. The fourth-order valence-electron chi connectivity index (χ4n) is 2.63. The lowest BCUT2D eigenvalue weighted by Crippen LogP contribution is -2.28. The van der Waals surface area contributed by atoms with Crippen molar-refractivity contribution in [3.8, 4) is 0 Å². The van der Waals surface area contributed by atoms with Gasteiger partial charge in [0.05, 0.1) is 5.92 Å². The van der Waals surface area contributed by atoms with Crippen LogP contribution in [-0.4, -0.2) is 27.4 Å². The number of aryl methyl sites for hydroxylation is 1. The standard InChI is InChI=1S/C13H17F3N2O3/c14-13(15,16)9-4-1-3-8(7-9)12-18-17-10(21-12)5-2-6-11(19)20/h8-9H,1-7H2,(H,19,20). The van der Waals surface area contributed by atoms with Crippen LogP contribution in [0.4, 0.5) is 13.2 Å². The number of carboxylic acids is 1. The van der Waals surface area contributed by atoms with Crippen LogP contribution in [0.5, 0.6) is 0 Å². The summed E-state index contributed by atoms with van der Waals surface area (Å²) in [6, 6.07) is 0. The zero-order chi connectivity index (χ0) is 15.5. The Bertz CT molecular complexity index is 487. The molecule has 0 saturated heterocycles. The van der Waals surface area contributed by atoms with E-state index < -0.39 is 18.1 Å². The van der Waals surface area contributed by atoms with Gasteiger partial charge in [-0.2, -0.15) is 13.2 Å². The van der Waals surface area contributed by atoms with E-state index in [1.165, 1.54) is 0 Å². The molecule has 0 aromatic carbocycles. The third kappa shape index (κ3) is 4.44. The summed E-state index contributed by atoms with van der Waals surface area (Å²) in [4.78, 5) is 10.4. The van der Waals surface area contributed by atoms with Crippen LogP contribution in [0.25, 0.3) is 0 Å². The Hall–Kier alpha value is -1.60. The first-order chi connectivity index (χ1) is 9.86. The van der Waals surface area contributed by atoms with Crippen molar-refractivity contribution in [2.45, 2.75) is 57.0 Å². The molecule has 0 bridgehead atoms. The maximum Gasteiger partial charge on any atom is 0.391 e. The number of halogens is 3. The topological polar surface area (TPSA) is 76.2 Å². The predicted octanol–water partition coefficient (Wildman–Crippen LogP) is 3.31. The monoisotopic (exact) mass is 306 g/mol. The molecule has 5 nitrogen and oxygen atoms in total. The van der Waals surface area contributed by atoms with Crippen molar-refractivity contribution in [3.63, 3.8) is 0 Å². The minimum Gasteiger partial charge on any atom is -0.481 e. The molecule has 0 amide bonds. The van der Waals surface area contributed by atoms with Gasteiger partial charge in [-0.05, 0) is 25.7 Å². The lowest BCUT2D eigenvalue weighted by Gasteiger charge is -2.28. The number of aromatic nitrogens is 2. The van der Waals surface area contributed by atoms with Gasteiger partial charge in [0.25, 0.3) is 0 Å². The minimum absolute atomic E-state index is 0.00269. The lowest BCUT2D eigenvalue weighted by molar-refractivity contribution is -0.183. The van der Waals surface area contributed by atoms with Gasteiger partial charge in [0, 0.05) is 18.8 Å². The molecule has 1 fully saturated rings. The fourth-order valence-corrected chi connectivity index (χ4v) is 2.63. The van der Waals surface area contributed by atoms with Gasteiger partial charge in [0.15, 0.2) is 0 Å². The molecule has 2 unspecified atom stereocenters. The van der Waals surface area contributed by atoms with Gasteiger partial charge in [-0.3, -0.25) is 4.79 Å². The summed E-state index contributed by atoms with van der Waals surface area (Å²) in [7, 11) is 0. The Morgan fingerprint density at radius 2 is 2.10 bits per heavy atom. The van der Waals surface area contributed by atoms with Crippen molar-refractivity contribution in [3.05, 3.63) is 11.8 Å². The number of carboxylic acid groups (broad SMARTS) is 1. The smallest absolute Gasteiger partial charge is 0.391 e. The van der Waals surface area contributed by atoms with Crippen molar-refractivity contribution < 1.29 is 27.5 Å². The van der Waals surface area contributed by atoms with Gasteiger partial charge < -0.3 is 9.52 Å². The quantitative estimate of drug-likeness (QED) is 0.903. The molecule has 0 spiro atoms. The van der Waals surface area contributed by atoms with E-state index in [0.29, 0.717) is 31.6 Å². The Labute approximate surface area is 119 Å². The molecule has 2 atom stereocenters. The number of hydrogen-bond donors (Lipinski definition) is 1. The van der Waals surface area contributed by atoms with E-state index >= 15 is 0 Å². The van der Waals surface area contributed by atoms with Crippen LogP contribution in [0.1, 0.15) is 56.2 Å². The predicted molar refractivity (Wildman–Crippen MR) is 65.6 cm³/mol. The highest BCUT2D eigenvalue weighted by molar-refractivity contribution is 5.66. The highest BCUT2D eigenvalue weighted by Gasteiger charge is 2.43. The zero-order valence-electron chi connectivity index (χ0n) is 11.4.